The maximum Gasteiger partial charge on any atom is 0.141 e. The van der Waals surface area contributed by atoms with Crippen LogP contribution in [0.15, 0.2) is 47.1 Å². The summed E-state index contributed by atoms with van der Waals surface area (Å²) in [6.45, 7) is 4.12. The minimum atomic E-state index is -0.310. The molecule has 1 aromatic heterocycles. The van der Waals surface area contributed by atoms with Crippen molar-refractivity contribution >= 4 is 15.9 Å². The molecule has 0 aliphatic carbocycles. The summed E-state index contributed by atoms with van der Waals surface area (Å²) in [5.41, 5.74) is 2.02. The van der Waals surface area contributed by atoms with Crippen molar-refractivity contribution in [1.29, 1.82) is 0 Å². The summed E-state index contributed by atoms with van der Waals surface area (Å²) < 4.78 is 13.9. The Hall–Kier alpha value is -1.26. The topological polar surface area (TPSA) is 24.9 Å². The second-order valence-electron chi connectivity index (χ2n) is 4.53. The van der Waals surface area contributed by atoms with Crippen LogP contribution in [0.3, 0.4) is 0 Å². The highest BCUT2D eigenvalue weighted by Gasteiger charge is 2.13. The first kappa shape index (κ1) is 14.2. The molecule has 0 bridgehead atoms. The molecule has 100 valence electrons. The van der Waals surface area contributed by atoms with E-state index in [0.29, 0.717) is 0 Å². The van der Waals surface area contributed by atoms with E-state index in [4.69, 9.17) is 0 Å². The van der Waals surface area contributed by atoms with E-state index >= 15 is 0 Å². The Labute approximate surface area is 121 Å². The maximum absolute atomic E-state index is 12.8. The molecule has 0 aliphatic heterocycles. The van der Waals surface area contributed by atoms with Gasteiger partial charge in [-0.25, -0.2) is 4.39 Å². The highest BCUT2D eigenvalue weighted by atomic mass is 79.9. The van der Waals surface area contributed by atoms with Crippen LogP contribution in [0, 0.1) is 5.82 Å². The SMILES string of the molecule is CC(NC(C)c1ccccc1Br)c1ccc(F)cn1. The lowest BCUT2D eigenvalue weighted by atomic mass is 10.1. The fourth-order valence-electron chi connectivity index (χ4n) is 2.02. The predicted octanol–water partition coefficient (Wildman–Crippen LogP) is 4.40. The van der Waals surface area contributed by atoms with Crippen LogP contribution in [0.25, 0.3) is 0 Å². The first-order chi connectivity index (χ1) is 9.08. The lowest BCUT2D eigenvalue weighted by molar-refractivity contribution is 0.483. The van der Waals surface area contributed by atoms with Crippen molar-refractivity contribution in [2.24, 2.45) is 0 Å². The second-order valence-corrected chi connectivity index (χ2v) is 5.39. The number of nitrogens with zero attached hydrogens (tertiary/aromatic N) is 1. The zero-order chi connectivity index (χ0) is 13.8. The van der Waals surface area contributed by atoms with Crippen LogP contribution in [0.5, 0.6) is 0 Å². The minimum absolute atomic E-state index is 0.0581. The molecular weight excluding hydrogens is 307 g/mol. The van der Waals surface area contributed by atoms with Gasteiger partial charge in [-0.05, 0) is 37.6 Å². The molecule has 2 atom stereocenters. The van der Waals surface area contributed by atoms with Crippen molar-refractivity contribution < 1.29 is 4.39 Å². The van der Waals surface area contributed by atoms with Crippen LogP contribution in [0.4, 0.5) is 4.39 Å². The lowest BCUT2D eigenvalue weighted by Gasteiger charge is -2.21. The molecule has 0 radical (unpaired) electrons. The van der Waals surface area contributed by atoms with Gasteiger partial charge in [0, 0.05) is 16.6 Å². The summed E-state index contributed by atoms with van der Waals surface area (Å²) in [7, 11) is 0. The quantitative estimate of drug-likeness (QED) is 0.902. The van der Waals surface area contributed by atoms with E-state index in [9.17, 15) is 4.39 Å². The molecule has 0 aliphatic rings. The Morgan fingerprint density at radius 3 is 2.47 bits per heavy atom. The summed E-state index contributed by atoms with van der Waals surface area (Å²) in [6, 6.07) is 11.5. The summed E-state index contributed by atoms with van der Waals surface area (Å²) in [5, 5.41) is 3.46. The molecule has 2 unspecified atom stereocenters. The number of hydrogen-bond donors (Lipinski definition) is 1. The summed E-state index contributed by atoms with van der Waals surface area (Å²) in [6.07, 6.45) is 1.25. The number of rotatable bonds is 4. The average Bonchev–Trinajstić information content (AvgIpc) is 2.39. The third-order valence-electron chi connectivity index (χ3n) is 3.07. The van der Waals surface area contributed by atoms with Crippen molar-refractivity contribution in [2.75, 3.05) is 0 Å². The van der Waals surface area contributed by atoms with Crippen LogP contribution in [0.2, 0.25) is 0 Å². The smallest absolute Gasteiger partial charge is 0.141 e. The molecule has 0 saturated carbocycles. The van der Waals surface area contributed by atoms with E-state index < -0.39 is 0 Å². The summed E-state index contributed by atoms with van der Waals surface area (Å²) in [5.74, 6) is -0.310. The van der Waals surface area contributed by atoms with Crippen LogP contribution in [0.1, 0.15) is 37.2 Å². The Morgan fingerprint density at radius 2 is 1.84 bits per heavy atom. The van der Waals surface area contributed by atoms with Gasteiger partial charge >= 0.3 is 0 Å². The van der Waals surface area contributed by atoms with Gasteiger partial charge in [-0.1, -0.05) is 34.1 Å². The lowest BCUT2D eigenvalue weighted by Crippen LogP contribution is -2.23. The van der Waals surface area contributed by atoms with Gasteiger partial charge in [-0.3, -0.25) is 4.98 Å². The molecule has 0 spiro atoms. The van der Waals surface area contributed by atoms with Gasteiger partial charge in [-0.15, -0.1) is 0 Å². The first-order valence-corrected chi connectivity index (χ1v) is 6.99. The fraction of sp³-hybridized carbons (Fsp3) is 0.267. The zero-order valence-corrected chi connectivity index (χ0v) is 12.5. The van der Waals surface area contributed by atoms with Crippen molar-refractivity contribution in [3.8, 4) is 0 Å². The van der Waals surface area contributed by atoms with Crippen molar-refractivity contribution in [3.05, 3.63) is 64.1 Å². The van der Waals surface area contributed by atoms with Gasteiger partial charge in [0.25, 0.3) is 0 Å². The standard InChI is InChI=1S/C15H16BrFN2/c1-10(13-5-3-4-6-14(13)16)19-11(2)15-8-7-12(17)9-18-15/h3-11,19H,1-2H3. The minimum Gasteiger partial charge on any atom is -0.302 e. The Morgan fingerprint density at radius 1 is 1.11 bits per heavy atom. The first-order valence-electron chi connectivity index (χ1n) is 6.20. The number of pyridine rings is 1. The van der Waals surface area contributed by atoms with Gasteiger partial charge in [0.05, 0.1) is 11.9 Å². The monoisotopic (exact) mass is 322 g/mol. The Bertz CT molecular complexity index is 542. The number of benzene rings is 1. The maximum atomic E-state index is 12.8. The predicted molar refractivity (Wildman–Crippen MR) is 78.3 cm³/mol. The average molecular weight is 323 g/mol. The normalized spacial score (nSPS) is 14.1. The Kier molecular flexibility index (Phi) is 4.66. The van der Waals surface area contributed by atoms with Gasteiger partial charge < -0.3 is 5.32 Å². The highest BCUT2D eigenvalue weighted by Crippen LogP contribution is 2.25. The summed E-state index contributed by atoms with van der Waals surface area (Å²) >= 11 is 3.55. The zero-order valence-electron chi connectivity index (χ0n) is 10.9. The van der Waals surface area contributed by atoms with Gasteiger partial charge in [0.2, 0.25) is 0 Å². The van der Waals surface area contributed by atoms with E-state index in [2.05, 4.69) is 39.2 Å². The van der Waals surface area contributed by atoms with Crippen LogP contribution in [-0.2, 0) is 0 Å². The molecule has 19 heavy (non-hydrogen) atoms. The number of hydrogen-bond acceptors (Lipinski definition) is 2. The van der Waals surface area contributed by atoms with Crippen LogP contribution in [-0.4, -0.2) is 4.98 Å². The number of nitrogens with one attached hydrogen (secondary N) is 1. The molecule has 0 fully saturated rings. The van der Waals surface area contributed by atoms with Gasteiger partial charge in [0.15, 0.2) is 0 Å². The molecule has 1 aromatic carbocycles. The largest absolute Gasteiger partial charge is 0.302 e. The Balaban J connectivity index is 2.08. The number of halogens is 2. The van der Waals surface area contributed by atoms with E-state index in [1.807, 2.05) is 25.1 Å². The molecule has 2 rings (SSSR count). The molecule has 0 saturated heterocycles. The van der Waals surface area contributed by atoms with E-state index in [1.165, 1.54) is 17.8 Å². The third-order valence-corrected chi connectivity index (χ3v) is 3.79. The van der Waals surface area contributed by atoms with Crippen LogP contribution < -0.4 is 5.32 Å². The molecule has 2 aromatic rings. The van der Waals surface area contributed by atoms with Crippen molar-refractivity contribution in [3.63, 3.8) is 0 Å². The van der Waals surface area contributed by atoms with E-state index in [-0.39, 0.29) is 17.9 Å². The van der Waals surface area contributed by atoms with E-state index in [1.54, 1.807) is 6.07 Å². The molecule has 1 N–H and O–H groups in total. The third kappa shape index (κ3) is 3.61. The fourth-order valence-corrected chi connectivity index (χ4v) is 2.65. The highest BCUT2D eigenvalue weighted by molar-refractivity contribution is 9.10. The second kappa shape index (κ2) is 6.26. The molecular formula is C15H16BrFN2. The molecule has 1 heterocycles. The van der Waals surface area contributed by atoms with Crippen molar-refractivity contribution in [2.45, 2.75) is 25.9 Å². The molecule has 4 heteroatoms. The molecule has 0 amide bonds. The number of aromatic nitrogens is 1. The van der Waals surface area contributed by atoms with Gasteiger partial charge in [0.1, 0.15) is 5.82 Å². The summed E-state index contributed by atoms with van der Waals surface area (Å²) in [4.78, 5) is 4.10. The van der Waals surface area contributed by atoms with E-state index in [0.717, 1.165) is 10.2 Å². The van der Waals surface area contributed by atoms with Crippen LogP contribution >= 0.6 is 15.9 Å². The molecule has 2 nitrogen and oxygen atoms in total. The van der Waals surface area contributed by atoms with Crippen molar-refractivity contribution in [1.82, 2.24) is 10.3 Å². The van der Waals surface area contributed by atoms with Gasteiger partial charge in [-0.2, -0.15) is 0 Å².